The molecule has 6 heteroatoms. The first-order chi connectivity index (χ1) is 12.7. The maximum Gasteiger partial charge on any atom is 0.254 e. The highest BCUT2D eigenvalue weighted by molar-refractivity contribution is 5.96. The van der Waals surface area contributed by atoms with Crippen LogP contribution in [0.5, 0.6) is 0 Å². The van der Waals surface area contributed by atoms with Gasteiger partial charge in [0, 0.05) is 29.7 Å². The van der Waals surface area contributed by atoms with E-state index in [1.54, 1.807) is 11.0 Å². The Balaban J connectivity index is 1.55. The second-order valence-electron chi connectivity index (χ2n) is 6.24. The van der Waals surface area contributed by atoms with E-state index in [0.717, 1.165) is 22.2 Å². The number of fused-ring (bicyclic) bond motifs is 1. The summed E-state index contributed by atoms with van der Waals surface area (Å²) in [6.45, 7) is 2.40. The lowest BCUT2D eigenvalue weighted by Crippen LogP contribution is -2.40. The van der Waals surface area contributed by atoms with E-state index in [9.17, 15) is 4.79 Å². The van der Waals surface area contributed by atoms with E-state index in [2.05, 4.69) is 10.2 Å². The van der Waals surface area contributed by atoms with Crippen molar-refractivity contribution < 1.29 is 9.53 Å². The number of para-hydroxylation sites is 1. The molecule has 0 atom stereocenters. The van der Waals surface area contributed by atoms with Crippen molar-refractivity contribution in [1.82, 2.24) is 15.1 Å². The summed E-state index contributed by atoms with van der Waals surface area (Å²) in [7, 11) is 0. The number of hydrogen-bond acceptors (Lipinski definition) is 4. The summed E-state index contributed by atoms with van der Waals surface area (Å²) >= 11 is 0. The third-order valence-corrected chi connectivity index (χ3v) is 4.55. The molecule has 0 unspecified atom stereocenters. The highest BCUT2D eigenvalue weighted by Gasteiger charge is 2.18. The van der Waals surface area contributed by atoms with Crippen LogP contribution < -0.4 is 5.73 Å². The summed E-state index contributed by atoms with van der Waals surface area (Å²) in [4.78, 5) is 14.3. The molecule has 2 heterocycles. The Bertz CT molecular complexity index is 971. The lowest BCUT2D eigenvalue weighted by molar-refractivity contribution is 0.0303. The van der Waals surface area contributed by atoms with Gasteiger partial charge in [-0.05, 0) is 29.8 Å². The van der Waals surface area contributed by atoms with Gasteiger partial charge in [0.05, 0.1) is 24.4 Å². The van der Waals surface area contributed by atoms with Crippen LogP contribution in [0.1, 0.15) is 21.6 Å². The number of hydrogen-bond donors (Lipinski definition) is 2. The van der Waals surface area contributed by atoms with Gasteiger partial charge in [0.1, 0.15) is 0 Å². The van der Waals surface area contributed by atoms with Crippen molar-refractivity contribution in [2.24, 2.45) is 0 Å². The molecule has 26 heavy (non-hydrogen) atoms. The Hall–Kier alpha value is -3.12. The van der Waals surface area contributed by atoms with Gasteiger partial charge in [-0.15, -0.1) is 0 Å². The number of anilines is 1. The number of carbonyl (C=O) groups is 1. The number of ether oxygens (including phenoxy) is 1. The Morgan fingerprint density at radius 3 is 2.77 bits per heavy atom. The maximum atomic E-state index is 12.5. The van der Waals surface area contributed by atoms with E-state index >= 15 is 0 Å². The number of nitrogen functional groups attached to an aromatic ring is 1. The first-order valence-corrected chi connectivity index (χ1v) is 8.60. The van der Waals surface area contributed by atoms with Crippen LogP contribution in [0.3, 0.4) is 0 Å². The van der Waals surface area contributed by atoms with Crippen LogP contribution in [0.15, 0.2) is 42.5 Å². The number of nitrogens with one attached hydrogen (secondary N) is 1. The van der Waals surface area contributed by atoms with Crippen LogP contribution in [0.2, 0.25) is 0 Å². The van der Waals surface area contributed by atoms with E-state index < -0.39 is 0 Å². The molecule has 1 amide bonds. The number of nitrogens with zero attached hydrogens (tertiary/aromatic N) is 2. The largest absolute Gasteiger partial charge is 0.398 e. The number of aromatic amines is 1. The minimum atomic E-state index is -0.00572. The van der Waals surface area contributed by atoms with Crippen LogP contribution in [0.4, 0.5) is 5.69 Å². The molecule has 1 aliphatic rings. The first kappa shape index (κ1) is 16.4. The van der Waals surface area contributed by atoms with Crippen molar-refractivity contribution in [2.75, 3.05) is 32.0 Å². The van der Waals surface area contributed by atoms with Gasteiger partial charge in [-0.25, -0.2) is 0 Å². The fraction of sp³-hybridized carbons (Fsp3) is 0.200. The molecular weight excluding hydrogens is 328 g/mol. The standard InChI is InChI=1S/C20H20N4O2/c21-17-13-15(20(25)24-9-11-26-12-10-24)6-5-14(17)7-8-19-16-3-1-2-4-18(16)22-23-19/h1-8,13H,9-12,21H2,(H,22,23). The topological polar surface area (TPSA) is 84.2 Å². The van der Waals surface area contributed by atoms with Gasteiger partial charge in [0.25, 0.3) is 5.91 Å². The molecule has 1 aliphatic heterocycles. The molecule has 2 aromatic carbocycles. The van der Waals surface area contributed by atoms with E-state index in [4.69, 9.17) is 10.5 Å². The fourth-order valence-electron chi connectivity index (χ4n) is 3.09. The van der Waals surface area contributed by atoms with Gasteiger partial charge in [0.15, 0.2) is 0 Å². The maximum absolute atomic E-state index is 12.5. The van der Waals surface area contributed by atoms with Crippen LogP contribution in [0, 0.1) is 0 Å². The molecule has 0 aliphatic carbocycles. The van der Waals surface area contributed by atoms with Crippen LogP contribution in [-0.4, -0.2) is 47.3 Å². The summed E-state index contributed by atoms with van der Waals surface area (Å²) in [5.74, 6) is -0.00572. The second kappa shape index (κ2) is 7.01. The summed E-state index contributed by atoms with van der Waals surface area (Å²) in [5, 5.41) is 8.39. The molecule has 6 nitrogen and oxygen atoms in total. The van der Waals surface area contributed by atoms with Gasteiger partial charge < -0.3 is 15.4 Å². The molecule has 3 N–H and O–H groups in total. The van der Waals surface area contributed by atoms with Gasteiger partial charge in [-0.3, -0.25) is 9.89 Å². The zero-order valence-electron chi connectivity index (χ0n) is 14.3. The number of carbonyl (C=O) groups excluding carboxylic acids is 1. The second-order valence-corrected chi connectivity index (χ2v) is 6.24. The van der Waals surface area contributed by atoms with Gasteiger partial charge in [-0.2, -0.15) is 5.10 Å². The first-order valence-electron chi connectivity index (χ1n) is 8.60. The number of H-pyrrole nitrogens is 1. The van der Waals surface area contributed by atoms with E-state index in [-0.39, 0.29) is 5.91 Å². The van der Waals surface area contributed by atoms with E-state index in [1.165, 1.54) is 0 Å². The number of nitrogens with two attached hydrogens (primary N) is 1. The molecule has 1 aromatic heterocycles. The van der Waals surface area contributed by atoms with Crippen molar-refractivity contribution in [1.29, 1.82) is 0 Å². The highest BCUT2D eigenvalue weighted by Crippen LogP contribution is 2.21. The Labute approximate surface area is 151 Å². The molecule has 0 saturated carbocycles. The average Bonchev–Trinajstić information content (AvgIpc) is 3.10. The Morgan fingerprint density at radius 1 is 1.15 bits per heavy atom. The van der Waals surface area contributed by atoms with Crippen molar-refractivity contribution >= 4 is 34.6 Å². The summed E-state index contributed by atoms with van der Waals surface area (Å²) in [6.07, 6.45) is 3.84. The van der Waals surface area contributed by atoms with Crippen molar-refractivity contribution in [2.45, 2.75) is 0 Å². The summed E-state index contributed by atoms with van der Waals surface area (Å²) in [5.41, 5.74) is 10.0. The van der Waals surface area contributed by atoms with Gasteiger partial charge in [0.2, 0.25) is 0 Å². The SMILES string of the molecule is Nc1cc(C(=O)N2CCOCC2)ccc1C=Cc1n[nH]c2ccccc12. The predicted octanol–water partition coefficient (Wildman–Crippen LogP) is 2.79. The number of morpholine rings is 1. The third kappa shape index (κ3) is 3.19. The lowest BCUT2D eigenvalue weighted by atomic mass is 10.1. The zero-order valence-corrected chi connectivity index (χ0v) is 14.3. The van der Waals surface area contributed by atoms with E-state index in [1.807, 2.05) is 48.6 Å². The molecule has 1 fully saturated rings. The molecular formula is C20H20N4O2. The van der Waals surface area contributed by atoms with Crippen molar-refractivity contribution in [3.05, 3.63) is 59.3 Å². The number of rotatable bonds is 3. The molecule has 4 rings (SSSR count). The van der Waals surface area contributed by atoms with Crippen molar-refractivity contribution in [3.63, 3.8) is 0 Å². The minimum Gasteiger partial charge on any atom is -0.398 e. The molecule has 1 saturated heterocycles. The molecule has 0 radical (unpaired) electrons. The number of amides is 1. The normalized spacial score (nSPS) is 15.0. The summed E-state index contributed by atoms with van der Waals surface area (Å²) in [6, 6.07) is 13.4. The van der Waals surface area contributed by atoms with Gasteiger partial charge >= 0.3 is 0 Å². The Kier molecular flexibility index (Phi) is 4.41. The van der Waals surface area contributed by atoms with Crippen LogP contribution in [-0.2, 0) is 4.74 Å². The van der Waals surface area contributed by atoms with Crippen molar-refractivity contribution in [3.8, 4) is 0 Å². The van der Waals surface area contributed by atoms with Gasteiger partial charge in [-0.1, -0.05) is 30.3 Å². The molecule has 0 bridgehead atoms. The van der Waals surface area contributed by atoms with Crippen LogP contribution >= 0.6 is 0 Å². The molecule has 3 aromatic rings. The predicted molar refractivity (Wildman–Crippen MR) is 103 cm³/mol. The monoisotopic (exact) mass is 348 g/mol. The molecule has 0 spiro atoms. The number of aromatic nitrogens is 2. The quantitative estimate of drug-likeness (QED) is 0.713. The zero-order chi connectivity index (χ0) is 17.9. The highest BCUT2D eigenvalue weighted by atomic mass is 16.5. The third-order valence-electron chi connectivity index (χ3n) is 4.55. The lowest BCUT2D eigenvalue weighted by Gasteiger charge is -2.27. The van der Waals surface area contributed by atoms with E-state index in [0.29, 0.717) is 37.6 Å². The Morgan fingerprint density at radius 2 is 1.96 bits per heavy atom. The average molecular weight is 348 g/mol. The minimum absolute atomic E-state index is 0.00572. The number of benzene rings is 2. The van der Waals surface area contributed by atoms with Crippen LogP contribution in [0.25, 0.3) is 23.1 Å². The smallest absolute Gasteiger partial charge is 0.254 e. The fourth-order valence-corrected chi connectivity index (χ4v) is 3.09. The molecule has 132 valence electrons. The summed E-state index contributed by atoms with van der Waals surface area (Å²) < 4.78 is 5.29.